The standard InChI is InChI=1S/C18H30O4/c1-4-5-6-7-15(19)13-16(20)10-8-14-9-11-17(21-2)18(12-14)22-3/h9,11-12,15-16,19-20H,4-8,10,13H2,1-3H3/t15-,16-/m1/s1. The Morgan fingerprint density at radius 1 is 0.955 bits per heavy atom. The molecule has 0 saturated heterocycles. The van der Waals surface area contributed by atoms with Crippen molar-refractivity contribution in [2.75, 3.05) is 14.2 Å². The van der Waals surface area contributed by atoms with Crippen molar-refractivity contribution in [3.05, 3.63) is 23.8 Å². The van der Waals surface area contributed by atoms with Crippen molar-refractivity contribution in [3.63, 3.8) is 0 Å². The number of unbranched alkanes of at least 4 members (excludes halogenated alkanes) is 2. The third-order valence-corrected chi connectivity index (χ3v) is 3.90. The molecule has 2 atom stereocenters. The monoisotopic (exact) mass is 310 g/mol. The number of aliphatic hydroxyl groups is 2. The van der Waals surface area contributed by atoms with E-state index in [2.05, 4.69) is 6.92 Å². The highest BCUT2D eigenvalue weighted by molar-refractivity contribution is 5.42. The summed E-state index contributed by atoms with van der Waals surface area (Å²) < 4.78 is 10.5. The molecule has 0 aromatic heterocycles. The van der Waals surface area contributed by atoms with E-state index in [-0.39, 0.29) is 0 Å². The second kappa shape index (κ2) is 10.5. The molecule has 126 valence electrons. The Balaban J connectivity index is 2.38. The largest absolute Gasteiger partial charge is 0.493 e. The van der Waals surface area contributed by atoms with Gasteiger partial charge in [0.2, 0.25) is 0 Å². The van der Waals surface area contributed by atoms with Gasteiger partial charge in [0.15, 0.2) is 11.5 Å². The molecule has 2 N–H and O–H groups in total. The third kappa shape index (κ3) is 6.67. The second-order valence-electron chi connectivity index (χ2n) is 5.77. The van der Waals surface area contributed by atoms with Gasteiger partial charge in [0.1, 0.15) is 0 Å². The van der Waals surface area contributed by atoms with E-state index >= 15 is 0 Å². The number of hydrogen-bond acceptors (Lipinski definition) is 4. The van der Waals surface area contributed by atoms with E-state index < -0.39 is 12.2 Å². The van der Waals surface area contributed by atoms with Crippen LogP contribution in [0.1, 0.15) is 51.0 Å². The van der Waals surface area contributed by atoms with Gasteiger partial charge in [-0.1, -0.05) is 32.3 Å². The molecule has 1 aromatic rings. The van der Waals surface area contributed by atoms with Gasteiger partial charge in [-0.25, -0.2) is 0 Å². The number of rotatable bonds is 11. The SMILES string of the molecule is CCCCC[C@@H](O)C[C@H](O)CCc1ccc(OC)c(OC)c1. The minimum atomic E-state index is -0.468. The third-order valence-electron chi connectivity index (χ3n) is 3.90. The number of aryl methyl sites for hydroxylation is 1. The van der Waals surface area contributed by atoms with Crippen molar-refractivity contribution in [3.8, 4) is 11.5 Å². The molecule has 1 rings (SSSR count). The number of benzene rings is 1. The average molecular weight is 310 g/mol. The predicted octanol–water partition coefficient (Wildman–Crippen LogP) is 3.33. The van der Waals surface area contributed by atoms with Gasteiger partial charge >= 0.3 is 0 Å². The molecule has 1 aromatic carbocycles. The van der Waals surface area contributed by atoms with Crippen molar-refractivity contribution >= 4 is 0 Å². The van der Waals surface area contributed by atoms with Gasteiger partial charge in [0.05, 0.1) is 26.4 Å². The van der Waals surface area contributed by atoms with Crippen molar-refractivity contribution in [1.82, 2.24) is 0 Å². The molecule has 4 heteroatoms. The van der Waals surface area contributed by atoms with Crippen LogP contribution < -0.4 is 9.47 Å². The summed E-state index contributed by atoms with van der Waals surface area (Å²) >= 11 is 0. The Hall–Kier alpha value is -1.26. The normalized spacial score (nSPS) is 13.7. The first-order chi connectivity index (χ1) is 10.6. The molecule has 0 aliphatic heterocycles. The molecule has 0 saturated carbocycles. The fourth-order valence-corrected chi connectivity index (χ4v) is 2.55. The van der Waals surface area contributed by atoms with E-state index in [0.29, 0.717) is 24.3 Å². The van der Waals surface area contributed by atoms with Crippen LogP contribution in [0.25, 0.3) is 0 Å². The zero-order chi connectivity index (χ0) is 16.4. The van der Waals surface area contributed by atoms with E-state index in [9.17, 15) is 10.2 Å². The number of methoxy groups -OCH3 is 2. The van der Waals surface area contributed by atoms with E-state index in [1.54, 1.807) is 14.2 Å². The molecule has 4 nitrogen and oxygen atoms in total. The first kappa shape index (κ1) is 18.8. The highest BCUT2D eigenvalue weighted by Gasteiger charge is 2.12. The summed E-state index contributed by atoms with van der Waals surface area (Å²) in [5, 5.41) is 19.9. The highest BCUT2D eigenvalue weighted by Crippen LogP contribution is 2.28. The molecule has 0 unspecified atom stereocenters. The lowest BCUT2D eigenvalue weighted by molar-refractivity contribution is 0.0698. The van der Waals surface area contributed by atoms with Crippen LogP contribution in [-0.2, 0) is 6.42 Å². The highest BCUT2D eigenvalue weighted by atomic mass is 16.5. The molecule has 0 heterocycles. The van der Waals surface area contributed by atoms with Crippen LogP contribution in [0.4, 0.5) is 0 Å². The van der Waals surface area contributed by atoms with Crippen LogP contribution in [0.3, 0.4) is 0 Å². The molecule has 0 aliphatic carbocycles. The Morgan fingerprint density at radius 3 is 2.27 bits per heavy atom. The summed E-state index contributed by atoms with van der Waals surface area (Å²) in [4.78, 5) is 0. The summed E-state index contributed by atoms with van der Waals surface area (Å²) in [6, 6.07) is 5.79. The van der Waals surface area contributed by atoms with Crippen LogP contribution in [0.2, 0.25) is 0 Å². The first-order valence-electron chi connectivity index (χ1n) is 8.17. The molecular weight excluding hydrogens is 280 g/mol. The van der Waals surface area contributed by atoms with Crippen molar-refractivity contribution in [2.24, 2.45) is 0 Å². The lowest BCUT2D eigenvalue weighted by Gasteiger charge is -2.16. The van der Waals surface area contributed by atoms with E-state index in [1.807, 2.05) is 18.2 Å². The Morgan fingerprint density at radius 2 is 1.64 bits per heavy atom. The maximum atomic E-state index is 10.0. The van der Waals surface area contributed by atoms with Crippen LogP contribution in [0, 0.1) is 0 Å². The van der Waals surface area contributed by atoms with Gasteiger partial charge in [0.25, 0.3) is 0 Å². The smallest absolute Gasteiger partial charge is 0.160 e. The minimum Gasteiger partial charge on any atom is -0.493 e. The summed E-state index contributed by atoms with van der Waals surface area (Å²) in [5.41, 5.74) is 1.09. The second-order valence-corrected chi connectivity index (χ2v) is 5.77. The minimum absolute atomic E-state index is 0.396. The molecule has 0 spiro atoms. The quantitative estimate of drug-likeness (QED) is 0.616. The molecule has 0 fully saturated rings. The van der Waals surface area contributed by atoms with E-state index in [1.165, 1.54) is 0 Å². The summed E-state index contributed by atoms with van der Waals surface area (Å²) in [6.07, 6.45) is 5.08. The Kier molecular flexibility index (Phi) is 8.94. The van der Waals surface area contributed by atoms with Gasteiger partial charge in [-0.2, -0.15) is 0 Å². The first-order valence-corrected chi connectivity index (χ1v) is 8.17. The van der Waals surface area contributed by atoms with Gasteiger partial charge in [-0.15, -0.1) is 0 Å². The zero-order valence-electron chi connectivity index (χ0n) is 14.0. The van der Waals surface area contributed by atoms with Crippen LogP contribution >= 0.6 is 0 Å². The summed E-state index contributed by atoms with van der Waals surface area (Å²) in [7, 11) is 3.23. The number of hydrogen-bond donors (Lipinski definition) is 2. The molecular formula is C18H30O4. The van der Waals surface area contributed by atoms with Crippen LogP contribution in [0.15, 0.2) is 18.2 Å². The fourth-order valence-electron chi connectivity index (χ4n) is 2.55. The van der Waals surface area contributed by atoms with Gasteiger partial charge in [-0.05, 0) is 43.4 Å². The molecule has 0 amide bonds. The maximum absolute atomic E-state index is 10.0. The van der Waals surface area contributed by atoms with Crippen molar-refractivity contribution < 1.29 is 19.7 Å². The average Bonchev–Trinajstić information content (AvgIpc) is 2.52. The van der Waals surface area contributed by atoms with Crippen molar-refractivity contribution in [2.45, 2.75) is 64.1 Å². The lowest BCUT2D eigenvalue weighted by Crippen LogP contribution is -2.18. The van der Waals surface area contributed by atoms with Gasteiger partial charge < -0.3 is 19.7 Å². The predicted molar refractivity (Wildman–Crippen MR) is 88.6 cm³/mol. The van der Waals surface area contributed by atoms with Crippen molar-refractivity contribution in [1.29, 1.82) is 0 Å². The number of ether oxygens (including phenoxy) is 2. The Bertz CT molecular complexity index is 420. The topological polar surface area (TPSA) is 58.9 Å². The van der Waals surface area contributed by atoms with Gasteiger partial charge in [0, 0.05) is 0 Å². The Labute approximate surface area is 134 Å². The summed E-state index contributed by atoms with van der Waals surface area (Å²) in [6.45, 7) is 2.14. The van der Waals surface area contributed by atoms with Crippen LogP contribution in [-0.4, -0.2) is 36.6 Å². The molecule has 0 bridgehead atoms. The van der Waals surface area contributed by atoms with Crippen LogP contribution in [0.5, 0.6) is 11.5 Å². The molecule has 22 heavy (non-hydrogen) atoms. The molecule has 0 aliphatic rings. The van der Waals surface area contributed by atoms with E-state index in [0.717, 1.165) is 37.7 Å². The number of aliphatic hydroxyl groups excluding tert-OH is 2. The molecule has 0 radical (unpaired) electrons. The van der Waals surface area contributed by atoms with E-state index in [4.69, 9.17) is 9.47 Å². The fraction of sp³-hybridized carbons (Fsp3) is 0.667. The van der Waals surface area contributed by atoms with Gasteiger partial charge in [-0.3, -0.25) is 0 Å². The summed E-state index contributed by atoms with van der Waals surface area (Å²) in [5.74, 6) is 1.41. The zero-order valence-corrected chi connectivity index (χ0v) is 14.0. The lowest BCUT2D eigenvalue weighted by atomic mass is 10.00. The maximum Gasteiger partial charge on any atom is 0.160 e.